The lowest BCUT2D eigenvalue weighted by Crippen LogP contribution is -2.28. The van der Waals surface area contributed by atoms with Crippen LogP contribution >= 0.6 is 0 Å². The molecule has 0 radical (unpaired) electrons. The number of allylic oxidation sites excluding steroid dienone is 3. The number of rotatable bonds is 2. The summed E-state index contributed by atoms with van der Waals surface area (Å²) in [5.74, 6) is 1.17. The van der Waals surface area contributed by atoms with Crippen molar-refractivity contribution in [2.45, 2.75) is 34.6 Å². The predicted octanol–water partition coefficient (Wildman–Crippen LogP) is 3.90. The van der Waals surface area contributed by atoms with Gasteiger partial charge in [-0.2, -0.15) is 0 Å². The van der Waals surface area contributed by atoms with Gasteiger partial charge in [-0.05, 0) is 22.8 Å². The zero-order valence-electron chi connectivity index (χ0n) is 11.5. The monoisotopic (exact) mass is 219 g/mol. The van der Waals surface area contributed by atoms with Crippen LogP contribution in [0.2, 0.25) is 0 Å². The number of nitrogens with one attached hydrogen (secondary N) is 1. The standard InChI is InChI=1S/C15H25N/c1-8-12-13(16-7)9-10(2)11(3)14(12)15(4,5)6/h8-11,16H,1H2,2-7H3. The Balaban J connectivity index is 3.37. The average Bonchev–Trinajstić information content (AvgIpc) is 2.19. The first-order valence-corrected chi connectivity index (χ1v) is 6.10. The van der Waals surface area contributed by atoms with E-state index in [9.17, 15) is 0 Å². The molecule has 0 saturated heterocycles. The van der Waals surface area contributed by atoms with Gasteiger partial charge in [-0.3, -0.25) is 0 Å². The van der Waals surface area contributed by atoms with E-state index in [1.807, 2.05) is 13.1 Å². The predicted molar refractivity (Wildman–Crippen MR) is 72.1 cm³/mol. The first-order chi connectivity index (χ1) is 7.32. The Morgan fingerprint density at radius 1 is 1.31 bits per heavy atom. The lowest BCUT2D eigenvalue weighted by molar-refractivity contribution is 0.381. The van der Waals surface area contributed by atoms with Gasteiger partial charge in [0.15, 0.2) is 0 Å². The lowest BCUT2D eigenvalue weighted by atomic mass is 9.69. The molecule has 1 aliphatic rings. The molecule has 0 bridgehead atoms. The van der Waals surface area contributed by atoms with E-state index >= 15 is 0 Å². The maximum absolute atomic E-state index is 3.97. The second-order valence-corrected chi connectivity index (χ2v) is 5.76. The summed E-state index contributed by atoms with van der Waals surface area (Å²) in [6.07, 6.45) is 4.31. The van der Waals surface area contributed by atoms with Crippen LogP contribution in [0.5, 0.6) is 0 Å². The Bertz CT molecular complexity index is 339. The van der Waals surface area contributed by atoms with Crippen molar-refractivity contribution in [3.8, 4) is 0 Å². The molecule has 0 aromatic rings. The van der Waals surface area contributed by atoms with Gasteiger partial charge < -0.3 is 5.32 Å². The molecule has 0 amide bonds. The molecule has 1 heteroatoms. The van der Waals surface area contributed by atoms with E-state index in [1.165, 1.54) is 16.8 Å². The second-order valence-electron chi connectivity index (χ2n) is 5.76. The van der Waals surface area contributed by atoms with E-state index in [2.05, 4.69) is 52.6 Å². The third kappa shape index (κ3) is 2.23. The van der Waals surface area contributed by atoms with Crippen LogP contribution in [0.3, 0.4) is 0 Å². The van der Waals surface area contributed by atoms with Gasteiger partial charge in [-0.15, -0.1) is 0 Å². The summed E-state index contributed by atoms with van der Waals surface area (Å²) >= 11 is 0. The Kier molecular flexibility index (Phi) is 3.67. The molecule has 16 heavy (non-hydrogen) atoms. The second kappa shape index (κ2) is 4.48. The van der Waals surface area contributed by atoms with Crippen molar-refractivity contribution in [2.24, 2.45) is 17.3 Å². The molecule has 0 fully saturated rings. The first kappa shape index (κ1) is 13.1. The highest BCUT2D eigenvalue weighted by molar-refractivity contribution is 5.47. The molecular weight excluding hydrogens is 194 g/mol. The Morgan fingerprint density at radius 2 is 1.88 bits per heavy atom. The van der Waals surface area contributed by atoms with E-state index in [1.54, 1.807) is 0 Å². The van der Waals surface area contributed by atoms with Crippen molar-refractivity contribution in [2.75, 3.05) is 7.05 Å². The van der Waals surface area contributed by atoms with Gasteiger partial charge >= 0.3 is 0 Å². The zero-order valence-corrected chi connectivity index (χ0v) is 11.5. The van der Waals surface area contributed by atoms with Crippen LogP contribution in [0, 0.1) is 17.3 Å². The Labute approximate surface area is 100 Å². The summed E-state index contributed by atoms with van der Waals surface area (Å²) < 4.78 is 0. The number of hydrogen-bond donors (Lipinski definition) is 1. The molecular formula is C15H25N. The van der Waals surface area contributed by atoms with Crippen molar-refractivity contribution >= 4 is 0 Å². The van der Waals surface area contributed by atoms with Crippen LogP contribution in [-0.2, 0) is 0 Å². The van der Waals surface area contributed by atoms with Crippen molar-refractivity contribution in [3.63, 3.8) is 0 Å². The van der Waals surface area contributed by atoms with Crippen LogP contribution in [0.15, 0.2) is 35.6 Å². The first-order valence-electron chi connectivity index (χ1n) is 6.10. The molecule has 0 aliphatic heterocycles. The fraction of sp³-hybridized carbons (Fsp3) is 0.600. The summed E-state index contributed by atoms with van der Waals surface area (Å²) in [7, 11) is 1.98. The summed E-state index contributed by atoms with van der Waals surface area (Å²) in [5.41, 5.74) is 4.24. The van der Waals surface area contributed by atoms with E-state index in [4.69, 9.17) is 0 Å². The number of likely N-dealkylation sites (N-methyl/N-ethyl adjacent to an activating group) is 1. The molecule has 2 atom stereocenters. The van der Waals surface area contributed by atoms with E-state index in [-0.39, 0.29) is 5.41 Å². The highest BCUT2D eigenvalue weighted by Gasteiger charge is 2.31. The van der Waals surface area contributed by atoms with E-state index < -0.39 is 0 Å². The van der Waals surface area contributed by atoms with Crippen molar-refractivity contribution in [1.29, 1.82) is 0 Å². The quantitative estimate of drug-likeness (QED) is 0.742. The highest BCUT2D eigenvalue weighted by atomic mass is 14.8. The maximum Gasteiger partial charge on any atom is 0.0373 e. The minimum atomic E-state index is 0.202. The maximum atomic E-state index is 3.97. The van der Waals surface area contributed by atoms with Crippen molar-refractivity contribution in [1.82, 2.24) is 5.32 Å². The zero-order chi connectivity index (χ0) is 12.5. The van der Waals surface area contributed by atoms with Gasteiger partial charge in [0.25, 0.3) is 0 Å². The van der Waals surface area contributed by atoms with Gasteiger partial charge in [0, 0.05) is 12.7 Å². The smallest absolute Gasteiger partial charge is 0.0373 e. The molecule has 0 spiro atoms. The van der Waals surface area contributed by atoms with Crippen molar-refractivity contribution < 1.29 is 0 Å². The third-order valence-electron chi connectivity index (χ3n) is 3.54. The molecule has 2 unspecified atom stereocenters. The van der Waals surface area contributed by atoms with Crippen molar-refractivity contribution in [3.05, 3.63) is 35.6 Å². The summed E-state index contributed by atoms with van der Waals surface area (Å²) in [4.78, 5) is 0. The van der Waals surface area contributed by atoms with Gasteiger partial charge in [-0.25, -0.2) is 0 Å². The van der Waals surface area contributed by atoms with Crippen LogP contribution in [-0.4, -0.2) is 7.05 Å². The highest BCUT2D eigenvalue weighted by Crippen LogP contribution is 2.42. The molecule has 0 heterocycles. The Morgan fingerprint density at radius 3 is 2.25 bits per heavy atom. The molecule has 90 valence electrons. The third-order valence-corrected chi connectivity index (χ3v) is 3.54. The van der Waals surface area contributed by atoms with Crippen LogP contribution in [0.25, 0.3) is 0 Å². The Hall–Kier alpha value is -0.980. The molecule has 1 N–H and O–H groups in total. The van der Waals surface area contributed by atoms with Gasteiger partial charge in [0.2, 0.25) is 0 Å². The minimum absolute atomic E-state index is 0.202. The van der Waals surface area contributed by atoms with E-state index in [0.717, 1.165) is 0 Å². The SMILES string of the molecule is C=CC1=C(C(C)(C)C)C(C)C(C)C=C1NC. The molecule has 0 saturated carbocycles. The summed E-state index contributed by atoms with van der Waals surface area (Å²) in [6, 6.07) is 0. The molecule has 1 aliphatic carbocycles. The average molecular weight is 219 g/mol. The molecule has 0 aromatic heterocycles. The molecule has 1 rings (SSSR count). The van der Waals surface area contributed by atoms with Gasteiger partial charge in [0.05, 0.1) is 0 Å². The van der Waals surface area contributed by atoms with E-state index in [0.29, 0.717) is 11.8 Å². The summed E-state index contributed by atoms with van der Waals surface area (Å²) in [6.45, 7) is 15.4. The normalized spacial score (nSPS) is 26.5. The minimum Gasteiger partial charge on any atom is -0.388 e. The fourth-order valence-corrected chi connectivity index (χ4v) is 2.68. The fourth-order valence-electron chi connectivity index (χ4n) is 2.68. The van der Waals surface area contributed by atoms with Crippen LogP contribution in [0.1, 0.15) is 34.6 Å². The molecule has 0 aromatic carbocycles. The lowest BCUT2D eigenvalue weighted by Gasteiger charge is -2.37. The largest absolute Gasteiger partial charge is 0.388 e. The number of hydrogen-bond acceptors (Lipinski definition) is 1. The van der Waals surface area contributed by atoms with Crippen LogP contribution in [0.4, 0.5) is 0 Å². The van der Waals surface area contributed by atoms with Gasteiger partial charge in [0.1, 0.15) is 0 Å². The summed E-state index contributed by atoms with van der Waals surface area (Å²) in [5, 5.41) is 3.29. The van der Waals surface area contributed by atoms with Gasteiger partial charge in [-0.1, -0.05) is 58.9 Å². The van der Waals surface area contributed by atoms with Crippen LogP contribution < -0.4 is 5.32 Å². The topological polar surface area (TPSA) is 12.0 Å². The molecule has 1 nitrogen and oxygen atoms in total.